The molecule has 1 aromatic heterocycles. The molecule has 2 nitrogen and oxygen atoms in total. The summed E-state index contributed by atoms with van der Waals surface area (Å²) >= 11 is 17.2. The Kier molecular flexibility index (Phi) is 4.38. The molecule has 0 aliphatic heterocycles. The van der Waals surface area contributed by atoms with Gasteiger partial charge in [-0.15, -0.1) is 0 Å². The van der Waals surface area contributed by atoms with Gasteiger partial charge in [0, 0.05) is 5.56 Å². The number of H-pyrrole nitrogens is 1. The Labute approximate surface area is 121 Å². The van der Waals surface area contributed by atoms with E-state index in [1.807, 2.05) is 12.1 Å². The Balaban J connectivity index is 2.59. The van der Waals surface area contributed by atoms with Crippen molar-refractivity contribution in [2.24, 2.45) is 0 Å². The topological polar surface area (TPSA) is 28.7 Å². The predicted molar refractivity (Wildman–Crippen MR) is 78.9 cm³/mol. The fraction of sp³-hybridized carbons (Fsp3) is 0.231. The van der Waals surface area contributed by atoms with E-state index in [1.165, 1.54) is 0 Å². The smallest absolute Gasteiger partial charge is 0.133 e. The highest BCUT2D eigenvalue weighted by atomic mass is 35.5. The lowest BCUT2D eigenvalue weighted by atomic mass is 10.0. The molecule has 0 spiro atoms. The van der Waals surface area contributed by atoms with Crippen LogP contribution in [-0.4, -0.2) is 9.97 Å². The van der Waals surface area contributed by atoms with Crippen LogP contribution >= 0.6 is 35.4 Å². The van der Waals surface area contributed by atoms with Crippen LogP contribution in [0.15, 0.2) is 24.5 Å². The predicted octanol–water partition coefficient (Wildman–Crippen LogP) is 5.07. The Morgan fingerprint density at radius 2 is 2.06 bits per heavy atom. The number of halogens is 2. The summed E-state index contributed by atoms with van der Waals surface area (Å²) in [4.78, 5) is 7.27. The first-order valence-electron chi connectivity index (χ1n) is 5.65. The molecule has 1 heterocycles. The van der Waals surface area contributed by atoms with Crippen LogP contribution in [0.4, 0.5) is 0 Å². The first-order chi connectivity index (χ1) is 8.63. The van der Waals surface area contributed by atoms with Gasteiger partial charge in [0.25, 0.3) is 0 Å². The third-order valence-electron chi connectivity index (χ3n) is 2.66. The molecule has 0 amide bonds. The maximum Gasteiger partial charge on any atom is 0.133 e. The van der Waals surface area contributed by atoms with Gasteiger partial charge >= 0.3 is 0 Å². The molecular weight excluding hydrogens is 287 g/mol. The molecule has 0 unspecified atom stereocenters. The van der Waals surface area contributed by atoms with Gasteiger partial charge in [-0.05, 0) is 24.1 Å². The Hall–Kier alpha value is -0.900. The molecule has 0 saturated carbocycles. The molecule has 2 aromatic rings. The first kappa shape index (κ1) is 13.5. The van der Waals surface area contributed by atoms with Gasteiger partial charge in [0.05, 0.1) is 22.1 Å². The number of hydrogen-bond donors (Lipinski definition) is 1. The van der Waals surface area contributed by atoms with Crippen molar-refractivity contribution < 1.29 is 0 Å². The number of benzene rings is 1. The molecule has 2 rings (SSSR count). The molecule has 0 atom stereocenters. The summed E-state index contributed by atoms with van der Waals surface area (Å²) < 4.78 is 0.636. The van der Waals surface area contributed by atoms with E-state index in [2.05, 4.69) is 16.9 Å². The van der Waals surface area contributed by atoms with Crippen LogP contribution in [0.5, 0.6) is 0 Å². The van der Waals surface area contributed by atoms with E-state index < -0.39 is 0 Å². The van der Waals surface area contributed by atoms with Crippen LogP contribution in [0.25, 0.3) is 11.3 Å². The lowest BCUT2D eigenvalue weighted by Gasteiger charge is -2.09. The zero-order valence-electron chi connectivity index (χ0n) is 9.84. The van der Waals surface area contributed by atoms with E-state index in [-0.39, 0.29) is 0 Å². The second kappa shape index (κ2) is 5.83. The number of hydrogen-bond acceptors (Lipinski definition) is 2. The molecule has 1 N–H and O–H groups in total. The zero-order valence-corrected chi connectivity index (χ0v) is 12.2. The van der Waals surface area contributed by atoms with Crippen molar-refractivity contribution in [1.82, 2.24) is 9.97 Å². The molecular formula is C13H12Cl2N2S. The van der Waals surface area contributed by atoms with Gasteiger partial charge in [-0.3, -0.25) is 0 Å². The van der Waals surface area contributed by atoms with E-state index in [4.69, 9.17) is 35.4 Å². The van der Waals surface area contributed by atoms with E-state index in [1.54, 1.807) is 12.4 Å². The number of aromatic nitrogens is 2. The van der Waals surface area contributed by atoms with Crippen LogP contribution in [0, 0.1) is 4.64 Å². The van der Waals surface area contributed by atoms with Crippen molar-refractivity contribution in [2.75, 3.05) is 0 Å². The van der Waals surface area contributed by atoms with Crippen molar-refractivity contribution in [3.05, 3.63) is 44.8 Å². The highest BCUT2D eigenvalue weighted by Crippen LogP contribution is 2.29. The Morgan fingerprint density at radius 1 is 1.28 bits per heavy atom. The van der Waals surface area contributed by atoms with Gasteiger partial charge in [-0.25, -0.2) is 4.98 Å². The van der Waals surface area contributed by atoms with Gasteiger partial charge in [0.15, 0.2) is 0 Å². The van der Waals surface area contributed by atoms with Crippen LogP contribution in [-0.2, 0) is 6.42 Å². The summed E-state index contributed by atoms with van der Waals surface area (Å²) in [5.41, 5.74) is 2.99. The highest BCUT2D eigenvalue weighted by Gasteiger charge is 2.09. The van der Waals surface area contributed by atoms with Gasteiger partial charge in [0.1, 0.15) is 4.64 Å². The summed E-state index contributed by atoms with van der Waals surface area (Å²) in [6, 6.07) is 5.55. The van der Waals surface area contributed by atoms with Gasteiger partial charge < -0.3 is 4.98 Å². The third-order valence-corrected chi connectivity index (χ3v) is 3.75. The highest BCUT2D eigenvalue weighted by molar-refractivity contribution is 7.71. The van der Waals surface area contributed by atoms with Crippen molar-refractivity contribution in [3.63, 3.8) is 0 Å². The van der Waals surface area contributed by atoms with E-state index >= 15 is 0 Å². The molecule has 0 aliphatic rings. The lowest BCUT2D eigenvalue weighted by molar-refractivity contribution is 0.898. The third kappa shape index (κ3) is 2.74. The van der Waals surface area contributed by atoms with Gasteiger partial charge in [-0.2, -0.15) is 0 Å². The van der Waals surface area contributed by atoms with E-state index in [0.29, 0.717) is 14.7 Å². The normalized spacial score (nSPS) is 10.6. The van der Waals surface area contributed by atoms with Crippen LogP contribution in [0.3, 0.4) is 0 Å². The monoisotopic (exact) mass is 298 g/mol. The van der Waals surface area contributed by atoms with Crippen molar-refractivity contribution in [1.29, 1.82) is 0 Å². The molecule has 94 valence electrons. The summed E-state index contributed by atoms with van der Waals surface area (Å²) in [6.07, 6.45) is 3.51. The average molecular weight is 299 g/mol. The summed E-state index contributed by atoms with van der Waals surface area (Å²) in [7, 11) is 0. The number of nitrogens with one attached hydrogen (secondary N) is 1. The molecule has 5 heteroatoms. The quantitative estimate of drug-likeness (QED) is 0.802. The molecule has 0 saturated heterocycles. The minimum absolute atomic E-state index is 0.535. The van der Waals surface area contributed by atoms with E-state index in [9.17, 15) is 0 Å². The minimum Gasteiger partial charge on any atom is -0.346 e. The molecule has 0 bridgehead atoms. The average Bonchev–Trinajstić information content (AvgIpc) is 2.35. The largest absolute Gasteiger partial charge is 0.346 e. The fourth-order valence-electron chi connectivity index (χ4n) is 1.82. The number of aromatic amines is 1. The SMILES string of the molecule is CCCc1c(-c2ccc(Cl)c(Cl)c2)[nH]cnc1=S. The minimum atomic E-state index is 0.535. The maximum absolute atomic E-state index is 6.05. The number of nitrogens with zero attached hydrogens (tertiary/aromatic N) is 1. The van der Waals surface area contributed by atoms with Crippen molar-refractivity contribution in [2.45, 2.75) is 19.8 Å². The van der Waals surface area contributed by atoms with Crippen molar-refractivity contribution in [3.8, 4) is 11.3 Å². The summed E-state index contributed by atoms with van der Waals surface area (Å²) in [5.74, 6) is 0. The van der Waals surface area contributed by atoms with Gasteiger partial charge in [-0.1, -0.05) is 54.8 Å². The molecule has 0 aliphatic carbocycles. The van der Waals surface area contributed by atoms with Crippen LogP contribution in [0.2, 0.25) is 10.0 Å². The van der Waals surface area contributed by atoms with Crippen LogP contribution in [0.1, 0.15) is 18.9 Å². The lowest BCUT2D eigenvalue weighted by Crippen LogP contribution is -1.96. The Morgan fingerprint density at radius 3 is 2.72 bits per heavy atom. The van der Waals surface area contributed by atoms with Crippen molar-refractivity contribution >= 4 is 35.4 Å². The number of rotatable bonds is 3. The summed E-state index contributed by atoms with van der Waals surface area (Å²) in [5, 5.41) is 1.08. The molecule has 0 radical (unpaired) electrons. The van der Waals surface area contributed by atoms with Crippen LogP contribution < -0.4 is 0 Å². The standard InChI is InChI=1S/C13H12Cl2N2S/c1-2-3-9-12(16-7-17-13(9)18)8-4-5-10(14)11(15)6-8/h4-7H,2-3H2,1H3,(H,16,17,18). The molecule has 18 heavy (non-hydrogen) atoms. The van der Waals surface area contributed by atoms with Gasteiger partial charge in [0.2, 0.25) is 0 Å². The molecule has 0 fully saturated rings. The fourth-order valence-corrected chi connectivity index (χ4v) is 2.37. The Bertz CT molecular complexity index is 623. The summed E-state index contributed by atoms with van der Waals surface area (Å²) in [6.45, 7) is 2.11. The second-order valence-electron chi connectivity index (χ2n) is 3.94. The zero-order chi connectivity index (χ0) is 13.1. The second-order valence-corrected chi connectivity index (χ2v) is 5.14. The first-order valence-corrected chi connectivity index (χ1v) is 6.82. The maximum atomic E-state index is 6.05. The van der Waals surface area contributed by atoms with E-state index in [0.717, 1.165) is 29.7 Å². The molecule has 1 aromatic carbocycles.